The molecule has 134 valence electrons. The zero-order valence-corrected chi connectivity index (χ0v) is 14.1. The van der Waals surface area contributed by atoms with E-state index in [0.29, 0.717) is 30.8 Å². The van der Waals surface area contributed by atoms with E-state index < -0.39 is 5.54 Å². The molecule has 5 rings (SSSR count). The van der Waals surface area contributed by atoms with Crippen LogP contribution in [0.25, 0.3) is 0 Å². The highest BCUT2D eigenvalue weighted by Crippen LogP contribution is 2.43. The van der Waals surface area contributed by atoms with Crippen LogP contribution >= 0.6 is 0 Å². The van der Waals surface area contributed by atoms with Gasteiger partial charge in [0, 0.05) is 13.0 Å². The number of hydrogen-bond acceptors (Lipinski definition) is 6. The van der Waals surface area contributed by atoms with Crippen molar-refractivity contribution >= 4 is 11.9 Å². The zero-order valence-electron chi connectivity index (χ0n) is 14.1. The first-order valence-corrected chi connectivity index (χ1v) is 9.27. The highest BCUT2D eigenvalue weighted by atomic mass is 16.5. The zero-order chi connectivity index (χ0) is 17.0. The number of carbonyl (C=O) groups is 2. The van der Waals surface area contributed by atoms with Crippen LogP contribution in [0.2, 0.25) is 0 Å². The van der Waals surface area contributed by atoms with E-state index in [-0.39, 0.29) is 24.0 Å². The number of nitrogens with one attached hydrogen (secondary N) is 1. The van der Waals surface area contributed by atoms with Gasteiger partial charge in [-0.3, -0.25) is 9.69 Å². The third-order valence-electron chi connectivity index (χ3n) is 6.17. The van der Waals surface area contributed by atoms with E-state index in [0.717, 1.165) is 44.9 Å². The van der Waals surface area contributed by atoms with Crippen molar-refractivity contribution in [1.29, 1.82) is 0 Å². The minimum atomic E-state index is -0.653. The Morgan fingerprint density at radius 1 is 1.24 bits per heavy atom. The number of aromatic nitrogens is 2. The van der Waals surface area contributed by atoms with Crippen molar-refractivity contribution < 1.29 is 18.8 Å². The number of imide groups is 1. The Balaban J connectivity index is 1.23. The van der Waals surface area contributed by atoms with Gasteiger partial charge in [-0.25, -0.2) is 4.79 Å². The molecule has 4 heterocycles. The molecule has 3 saturated heterocycles. The topological polar surface area (TPSA) is 97.6 Å². The van der Waals surface area contributed by atoms with Crippen LogP contribution in [-0.2, 0) is 16.0 Å². The highest BCUT2D eigenvalue weighted by molar-refractivity contribution is 6.07. The maximum atomic E-state index is 12.6. The summed E-state index contributed by atoms with van der Waals surface area (Å²) in [5.74, 6) is 1.27. The van der Waals surface area contributed by atoms with Gasteiger partial charge in [-0.2, -0.15) is 4.98 Å². The summed E-state index contributed by atoms with van der Waals surface area (Å²) in [7, 11) is 0. The molecular formula is C17H22N4O4. The molecular weight excluding hydrogens is 324 g/mol. The lowest BCUT2D eigenvalue weighted by Crippen LogP contribution is -2.44. The molecule has 1 aromatic heterocycles. The van der Waals surface area contributed by atoms with E-state index in [4.69, 9.17) is 9.26 Å². The van der Waals surface area contributed by atoms with Crippen LogP contribution in [0.1, 0.15) is 62.6 Å². The Labute approximate surface area is 145 Å². The fourth-order valence-electron chi connectivity index (χ4n) is 4.83. The summed E-state index contributed by atoms with van der Waals surface area (Å²) < 4.78 is 11.3. The largest absolute Gasteiger partial charge is 0.374 e. The smallest absolute Gasteiger partial charge is 0.325 e. The fraction of sp³-hybridized carbons (Fsp3) is 0.765. The Kier molecular flexibility index (Phi) is 3.38. The number of rotatable bonds is 4. The van der Waals surface area contributed by atoms with Gasteiger partial charge in [-0.05, 0) is 32.1 Å². The van der Waals surface area contributed by atoms with Crippen LogP contribution < -0.4 is 5.32 Å². The monoisotopic (exact) mass is 346 g/mol. The van der Waals surface area contributed by atoms with Crippen molar-refractivity contribution in [2.24, 2.45) is 0 Å². The summed E-state index contributed by atoms with van der Waals surface area (Å²) in [5, 5.41) is 6.92. The van der Waals surface area contributed by atoms with E-state index in [1.54, 1.807) is 0 Å². The Bertz CT molecular complexity index is 711. The summed E-state index contributed by atoms with van der Waals surface area (Å²) in [6.07, 6.45) is 7.52. The molecule has 1 saturated carbocycles. The number of hydrogen-bond donors (Lipinski definition) is 1. The lowest BCUT2D eigenvalue weighted by Gasteiger charge is -2.19. The summed E-state index contributed by atoms with van der Waals surface area (Å²) in [6.45, 7) is 0.290. The van der Waals surface area contributed by atoms with E-state index in [1.165, 1.54) is 4.90 Å². The van der Waals surface area contributed by atoms with Crippen LogP contribution in [0.3, 0.4) is 0 Å². The first-order chi connectivity index (χ1) is 12.1. The Morgan fingerprint density at radius 2 is 2.08 bits per heavy atom. The van der Waals surface area contributed by atoms with Crippen LogP contribution in [0, 0.1) is 0 Å². The molecule has 3 aliphatic heterocycles. The van der Waals surface area contributed by atoms with Crippen LogP contribution in [0.4, 0.5) is 4.79 Å². The van der Waals surface area contributed by atoms with Crippen molar-refractivity contribution in [2.75, 3.05) is 6.54 Å². The molecule has 8 nitrogen and oxygen atoms in total. The predicted octanol–water partition coefficient (Wildman–Crippen LogP) is 1.51. The number of nitrogens with zero attached hydrogens (tertiary/aromatic N) is 3. The van der Waals surface area contributed by atoms with Gasteiger partial charge in [0.2, 0.25) is 5.89 Å². The molecule has 4 fully saturated rings. The fourth-order valence-corrected chi connectivity index (χ4v) is 4.83. The molecule has 3 atom stereocenters. The molecule has 0 radical (unpaired) electrons. The van der Waals surface area contributed by atoms with Crippen molar-refractivity contribution in [3.05, 3.63) is 11.7 Å². The summed E-state index contributed by atoms with van der Waals surface area (Å²) >= 11 is 0. The predicted molar refractivity (Wildman–Crippen MR) is 84.7 cm³/mol. The standard InChI is InChI=1S/C17H22N4O4/c22-15-17(6-1-2-7-17)19-16(23)21(15)8-5-13-18-14(25-20-13)11-9-10-3-4-12(11)24-10/h10-12H,1-9H2,(H,19,23). The van der Waals surface area contributed by atoms with Crippen molar-refractivity contribution in [2.45, 2.75) is 75.0 Å². The first-order valence-electron chi connectivity index (χ1n) is 9.27. The van der Waals surface area contributed by atoms with Gasteiger partial charge >= 0.3 is 6.03 Å². The van der Waals surface area contributed by atoms with Gasteiger partial charge in [0.05, 0.1) is 18.1 Å². The summed E-state index contributed by atoms with van der Waals surface area (Å²) in [5.41, 5.74) is -0.653. The average molecular weight is 346 g/mol. The molecule has 0 aromatic carbocycles. The van der Waals surface area contributed by atoms with Gasteiger partial charge in [-0.15, -0.1) is 0 Å². The molecule has 8 heteroatoms. The van der Waals surface area contributed by atoms with Crippen molar-refractivity contribution in [3.63, 3.8) is 0 Å². The second-order valence-corrected chi connectivity index (χ2v) is 7.69. The maximum absolute atomic E-state index is 12.6. The summed E-state index contributed by atoms with van der Waals surface area (Å²) in [6, 6.07) is -0.294. The quantitative estimate of drug-likeness (QED) is 0.830. The van der Waals surface area contributed by atoms with Gasteiger partial charge < -0.3 is 14.6 Å². The normalized spacial score (nSPS) is 33.0. The minimum Gasteiger partial charge on any atom is -0.374 e. The minimum absolute atomic E-state index is 0.0970. The van der Waals surface area contributed by atoms with E-state index in [1.807, 2.05) is 0 Å². The molecule has 2 bridgehead atoms. The Morgan fingerprint density at radius 3 is 2.80 bits per heavy atom. The number of carbonyl (C=O) groups excluding carboxylic acids is 2. The van der Waals surface area contributed by atoms with Gasteiger partial charge in [0.1, 0.15) is 5.54 Å². The molecule has 3 unspecified atom stereocenters. The second-order valence-electron chi connectivity index (χ2n) is 7.69. The third kappa shape index (κ3) is 2.38. The van der Waals surface area contributed by atoms with E-state index in [2.05, 4.69) is 15.5 Å². The molecule has 1 aliphatic carbocycles. The van der Waals surface area contributed by atoms with Crippen LogP contribution in [0.5, 0.6) is 0 Å². The molecule has 1 N–H and O–H groups in total. The number of ether oxygens (including phenoxy) is 1. The maximum Gasteiger partial charge on any atom is 0.325 e. The lowest BCUT2D eigenvalue weighted by atomic mass is 9.89. The molecule has 25 heavy (non-hydrogen) atoms. The van der Waals surface area contributed by atoms with Crippen LogP contribution in [0.15, 0.2) is 4.52 Å². The molecule has 3 amide bonds. The van der Waals surface area contributed by atoms with Crippen LogP contribution in [-0.4, -0.2) is 51.3 Å². The van der Waals surface area contributed by atoms with Crippen molar-refractivity contribution in [3.8, 4) is 0 Å². The SMILES string of the molecule is O=C1NC2(CCCC2)C(=O)N1CCc1noc(C2CC3CCC2O3)n1. The van der Waals surface area contributed by atoms with Gasteiger partial charge in [0.25, 0.3) is 5.91 Å². The summed E-state index contributed by atoms with van der Waals surface area (Å²) in [4.78, 5) is 30.6. The molecule has 4 aliphatic rings. The second kappa shape index (κ2) is 5.52. The molecule has 1 spiro atoms. The van der Waals surface area contributed by atoms with E-state index in [9.17, 15) is 9.59 Å². The Hall–Kier alpha value is -1.96. The third-order valence-corrected chi connectivity index (χ3v) is 6.17. The first kappa shape index (κ1) is 15.3. The van der Waals surface area contributed by atoms with E-state index >= 15 is 0 Å². The highest BCUT2D eigenvalue weighted by Gasteiger charge is 2.52. The number of amides is 3. The average Bonchev–Trinajstić information content (AvgIpc) is 3.39. The van der Waals surface area contributed by atoms with Crippen molar-refractivity contribution in [1.82, 2.24) is 20.4 Å². The van der Waals surface area contributed by atoms with Gasteiger partial charge in [-0.1, -0.05) is 18.0 Å². The lowest BCUT2D eigenvalue weighted by molar-refractivity contribution is -0.131. The number of urea groups is 1. The molecule has 1 aromatic rings. The van der Waals surface area contributed by atoms with Gasteiger partial charge in [0.15, 0.2) is 5.82 Å². The number of fused-ring (bicyclic) bond motifs is 2.